The standard InChI is InChI=1S/C19H17ClN2O3/c20-16-9-17-14(15(10-21-17)19(24)25)8-13(16)11-3-5-12(6-4-11)22-7-1-2-18(22)23/h3-6,8-10,19,21,24-25H,1-2,7H2. The zero-order valence-electron chi connectivity index (χ0n) is 13.4. The summed E-state index contributed by atoms with van der Waals surface area (Å²) in [6, 6.07) is 11.3. The molecule has 0 atom stereocenters. The number of nitrogens with one attached hydrogen (secondary N) is 1. The number of aliphatic hydroxyl groups excluding tert-OH is 1. The summed E-state index contributed by atoms with van der Waals surface area (Å²) in [6.07, 6.45) is 1.51. The smallest absolute Gasteiger partial charge is 0.227 e. The Bertz CT molecular complexity index is 947. The topological polar surface area (TPSA) is 76.6 Å². The molecule has 25 heavy (non-hydrogen) atoms. The average Bonchev–Trinajstić information content (AvgIpc) is 3.20. The van der Waals surface area contributed by atoms with Gasteiger partial charge < -0.3 is 20.1 Å². The summed E-state index contributed by atoms with van der Waals surface area (Å²) in [4.78, 5) is 16.6. The van der Waals surface area contributed by atoms with E-state index in [2.05, 4.69) is 4.98 Å². The number of benzene rings is 2. The maximum Gasteiger partial charge on any atom is 0.227 e. The largest absolute Gasteiger partial charge is 0.364 e. The van der Waals surface area contributed by atoms with Crippen LogP contribution in [0.4, 0.5) is 5.69 Å². The molecule has 1 amide bonds. The number of carbonyl (C=O) groups is 1. The van der Waals surface area contributed by atoms with E-state index in [0.717, 1.165) is 35.3 Å². The molecule has 0 bridgehead atoms. The van der Waals surface area contributed by atoms with Crippen LogP contribution in [0.5, 0.6) is 0 Å². The van der Waals surface area contributed by atoms with Gasteiger partial charge in [-0.1, -0.05) is 23.7 Å². The lowest BCUT2D eigenvalue weighted by atomic mass is 10.0. The number of aliphatic hydroxyl groups is 2. The number of nitrogens with zero attached hydrogens (tertiary/aromatic N) is 1. The van der Waals surface area contributed by atoms with Crippen molar-refractivity contribution in [1.82, 2.24) is 4.98 Å². The van der Waals surface area contributed by atoms with E-state index in [0.29, 0.717) is 22.4 Å². The van der Waals surface area contributed by atoms with E-state index in [4.69, 9.17) is 11.6 Å². The number of carbonyl (C=O) groups excluding carboxylic acids is 1. The molecule has 3 N–H and O–H groups in total. The zero-order valence-corrected chi connectivity index (χ0v) is 14.1. The fourth-order valence-electron chi connectivity index (χ4n) is 3.34. The van der Waals surface area contributed by atoms with Crippen molar-refractivity contribution < 1.29 is 15.0 Å². The van der Waals surface area contributed by atoms with Gasteiger partial charge in [-0.15, -0.1) is 0 Å². The van der Waals surface area contributed by atoms with E-state index in [1.54, 1.807) is 17.2 Å². The molecule has 2 heterocycles. The summed E-state index contributed by atoms with van der Waals surface area (Å²) >= 11 is 6.41. The molecule has 2 aromatic carbocycles. The molecule has 6 heteroatoms. The highest BCUT2D eigenvalue weighted by molar-refractivity contribution is 6.34. The number of halogens is 1. The average molecular weight is 357 g/mol. The lowest BCUT2D eigenvalue weighted by molar-refractivity contribution is -0.117. The third kappa shape index (κ3) is 2.80. The van der Waals surface area contributed by atoms with Gasteiger partial charge in [0.25, 0.3) is 0 Å². The van der Waals surface area contributed by atoms with Gasteiger partial charge in [-0.05, 0) is 36.2 Å². The fraction of sp³-hybridized carbons (Fsp3) is 0.211. The Morgan fingerprint density at radius 1 is 1.16 bits per heavy atom. The summed E-state index contributed by atoms with van der Waals surface area (Å²) < 4.78 is 0. The van der Waals surface area contributed by atoms with Crippen molar-refractivity contribution in [1.29, 1.82) is 0 Å². The van der Waals surface area contributed by atoms with Gasteiger partial charge in [0.15, 0.2) is 6.29 Å². The van der Waals surface area contributed by atoms with Crippen molar-refractivity contribution in [3.8, 4) is 11.1 Å². The minimum atomic E-state index is -1.55. The molecule has 1 aliphatic rings. The number of fused-ring (bicyclic) bond motifs is 1. The van der Waals surface area contributed by atoms with Gasteiger partial charge in [-0.3, -0.25) is 4.79 Å². The predicted molar refractivity (Wildman–Crippen MR) is 97.5 cm³/mol. The molecule has 1 saturated heterocycles. The Kier molecular flexibility index (Phi) is 4.00. The van der Waals surface area contributed by atoms with E-state index in [-0.39, 0.29) is 5.91 Å². The monoisotopic (exact) mass is 356 g/mol. The molecule has 128 valence electrons. The van der Waals surface area contributed by atoms with Crippen molar-refractivity contribution in [2.24, 2.45) is 0 Å². The first-order valence-electron chi connectivity index (χ1n) is 8.12. The van der Waals surface area contributed by atoms with Crippen LogP contribution in [0.1, 0.15) is 24.7 Å². The Balaban J connectivity index is 1.74. The molecule has 0 spiro atoms. The summed E-state index contributed by atoms with van der Waals surface area (Å²) in [5.41, 5.74) is 3.75. The van der Waals surface area contributed by atoms with Gasteiger partial charge >= 0.3 is 0 Å². The zero-order chi connectivity index (χ0) is 17.6. The maximum absolute atomic E-state index is 11.9. The van der Waals surface area contributed by atoms with Gasteiger partial charge in [0, 0.05) is 46.9 Å². The highest BCUT2D eigenvalue weighted by Gasteiger charge is 2.21. The Hall–Kier alpha value is -2.34. The van der Waals surface area contributed by atoms with E-state index < -0.39 is 6.29 Å². The number of hydrogen-bond acceptors (Lipinski definition) is 3. The molecule has 1 aromatic heterocycles. The summed E-state index contributed by atoms with van der Waals surface area (Å²) in [5, 5.41) is 20.3. The van der Waals surface area contributed by atoms with Crippen molar-refractivity contribution in [2.45, 2.75) is 19.1 Å². The number of aromatic nitrogens is 1. The predicted octanol–water partition coefficient (Wildman–Crippen LogP) is 3.60. The molecule has 0 saturated carbocycles. The van der Waals surface area contributed by atoms with Gasteiger partial charge in [0.1, 0.15) is 0 Å². The van der Waals surface area contributed by atoms with Gasteiger partial charge in [-0.2, -0.15) is 0 Å². The maximum atomic E-state index is 11.9. The van der Waals surface area contributed by atoms with E-state index in [1.165, 1.54) is 0 Å². The molecule has 3 aromatic rings. The number of rotatable bonds is 3. The Morgan fingerprint density at radius 3 is 2.56 bits per heavy atom. The molecule has 4 rings (SSSR count). The van der Waals surface area contributed by atoms with Crippen molar-refractivity contribution in [3.05, 3.63) is 53.2 Å². The molecule has 0 aliphatic carbocycles. The number of aromatic amines is 1. The van der Waals surface area contributed by atoms with Crippen LogP contribution in [-0.2, 0) is 4.79 Å². The second-order valence-corrected chi connectivity index (χ2v) is 6.60. The molecule has 1 fully saturated rings. The summed E-state index contributed by atoms with van der Waals surface area (Å²) in [5.74, 6) is 0.154. The lowest BCUT2D eigenvalue weighted by Gasteiger charge is -2.16. The van der Waals surface area contributed by atoms with Gasteiger partial charge in [-0.25, -0.2) is 0 Å². The highest BCUT2D eigenvalue weighted by atomic mass is 35.5. The number of hydrogen-bond donors (Lipinski definition) is 3. The molecular formula is C19H17ClN2O3. The van der Waals surface area contributed by atoms with Crippen molar-refractivity contribution >= 4 is 34.1 Å². The fourth-order valence-corrected chi connectivity index (χ4v) is 3.61. The molecule has 1 aliphatic heterocycles. The van der Waals surface area contributed by atoms with Crippen LogP contribution < -0.4 is 4.90 Å². The number of amides is 1. The minimum Gasteiger partial charge on any atom is -0.364 e. The Labute approximate surface area is 149 Å². The second-order valence-electron chi connectivity index (χ2n) is 6.19. The quantitative estimate of drug-likeness (QED) is 0.627. The first kappa shape index (κ1) is 16.1. The van der Waals surface area contributed by atoms with E-state index in [1.807, 2.05) is 30.3 Å². The van der Waals surface area contributed by atoms with Crippen LogP contribution in [0.3, 0.4) is 0 Å². The third-order valence-electron chi connectivity index (χ3n) is 4.64. The second kappa shape index (κ2) is 6.19. The van der Waals surface area contributed by atoms with Crippen LogP contribution in [-0.4, -0.2) is 27.6 Å². The third-order valence-corrected chi connectivity index (χ3v) is 4.96. The highest BCUT2D eigenvalue weighted by Crippen LogP contribution is 2.35. The van der Waals surface area contributed by atoms with Crippen molar-refractivity contribution in [2.75, 3.05) is 11.4 Å². The summed E-state index contributed by atoms with van der Waals surface area (Å²) in [6.45, 7) is 0.756. The SMILES string of the molecule is O=C1CCCN1c1ccc(-c2cc3c(C(O)O)c[nH]c3cc2Cl)cc1. The lowest BCUT2D eigenvalue weighted by Crippen LogP contribution is -2.23. The van der Waals surface area contributed by atoms with Crippen LogP contribution in [0.15, 0.2) is 42.6 Å². The molecule has 0 unspecified atom stereocenters. The first-order valence-corrected chi connectivity index (χ1v) is 8.50. The van der Waals surface area contributed by atoms with Crippen LogP contribution in [0, 0.1) is 0 Å². The first-order chi connectivity index (χ1) is 12.0. The molecule has 5 nitrogen and oxygen atoms in total. The number of H-pyrrole nitrogens is 1. The van der Waals surface area contributed by atoms with Crippen LogP contribution in [0.25, 0.3) is 22.0 Å². The Morgan fingerprint density at radius 2 is 1.92 bits per heavy atom. The molecular weight excluding hydrogens is 340 g/mol. The summed E-state index contributed by atoms with van der Waals surface area (Å²) in [7, 11) is 0. The van der Waals surface area contributed by atoms with Gasteiger partial charge in [0.05, 0.1) is 5.02 Å². The van der Waals surface area contributed by atoms with Crippen LogP contribution in [0.2, 0.25) is 5.02 Å². The number of anilines is 1. The van der Waals surface area contributed by atoms with Gasteiger partial charge in [0.2, 0.25) is 5.91 Å². The van der Waals surface area contributed by atoms with Crippen LogP contribution >= 0.6 is 11.6 Å². The van der Waals surface area contributed by atoms with E-state index in [9.17, 15) is 15.0 Å². The normalized spacial score (nSPS) is 14.9. The molecule has 0 radical (unpaired) electrons. The van der Waals surface area contributed by atoms with Crippen molar-refractivity contribution in [3.63, 3.8) is 0 Å². The van der Waals surface area contributed by atoms with E-state index >= 15 is 0 Å². The minimum absolute atomic E-state index is 0.154.